The number of hydrogen-bond acceptors (Lipinski definition) is 6. The first-order valence-electron chi connectivity index (χ1n) is 12.5. The fraction of sp³-hybridized carbons (Fsp3) is 0.407. The Morgan fingerprint density at radius 1 is 1.03 bits per heavy atom. The molecule has 0 aliphatic heterocycles. The van der Waals surface area contributed by atoms with E-state index in [0.29, 0.717) is 18.8 Å². The summed E-state index contributed by atoms with van der Waals surface area (Å²) >= 11 is 0. The van der Waals surface area contributed by atoms with Crippen LogP contribution in [0.4, 0.5) is 5.82 Å². The van der Waals surface area contributed by atoms with Crippen molar-refractivity contribution < 1.29 is 8.42 Å². The van der Waals surface area contributed by atoms with E-state index >= 15 is 0 Å². The first-order valence-corrected chi connectivity index (χ1v) is 14.4. The molecule has 2 aromatic heterocycles. The molecule has 0 aliphatic rings. The van der Waals surface area contributed by atoms with Crippen LogP contribution in [0.1, 0.15) is 48.6 Å². The topological polar surface area (TPSA) is 115 Å². The Bertz CT molecular complexity index is 1450. The molecule has 192 valence electrons. The van der Waals surface area contributed by atoms with Gasteiger partial charge in [0.1, 0.15) is 5.52 Å². The van der Waals surface area contributed by atoms with Gasteiger partial charge in [-0.15, -0.1) is 0 Å². The molecule has 0 unspecified atom stereocenters. The number of nitrogen functional groups attached to an aromatic ring is 1. The van der Waals surface area contributed by atoms with Crippen molar-refractivity contribution in [3.05, 3.63) is 64.8 Å². The summed E-state index contributed by atoms with van der Waals surface area (Å²) in [7, 11) is -1.22. The summed E-state index contributed by atoms with van der Waals surface area (Å²) in [5.74, 6) is 0.439. The highest BCUT2D eigenvalue weighted by Gasteiger charge is 2.18. The van der Waals surface area contributed by atoms with Gasteiger partial charge >= 0.3 is 0 Å². The van der Waals surface area contributed by atoms with Gasteiger partial charge in [-0.05, 0) is 49.1 Å². The summed E-state index contributed by atoms with van der Waals surface area (Å²) in [4.78, 5) is 4.69. The monoisotopic (exact) mass is 508 g/mol. The van der Waals surface area contributed by atoms with Crippen molar-refractivity contribution in [3.8, 4) is 0 Å². The summed E-state index contributed by atoms with van der Waals surface area (Å²) in [5.41, 5.74) is 12.8. The van der Waals surface area contributed by atoms with Crippen molar-refractivity contribution in [2.75, 3.05) is 25.6 Å². The van der Waals surface area contributed by atoms with Crippen LogP contribution in [0.2, 0.25) is 0 Å². The van der Waals surface area contributed by atoms with Crippen molar-refractivity contribution in [3.63, 3.8) is 0 Å². The number of rotatable bonds is 12. The summed E-state index contributed by atoms with van der Waals surface area (Å²) in [6.07, 6.45) is 5.52. The number of nitrogens with one attached hydrogen (secondary N) is 2. The molecule has 4 rings (SSSR count). The maximum atomic E-state index is 11.3. The van der Waals surface area contributed by atoms with Crippen LogP contribution in [0.15, 0.2) is 42.5 Å². The zero-order valence-corrected chi connectivity index (χ0v) is 22.2. The van der Waals surface area contributed by atoms with Crippen LogP contribution in [0, 0.1) is 0 Å². The van der Waals surface area contributed by atoms with Crippen LogP contribution in [0.3, 0.4) is 0 Å². The predicted molar refractivity (Wildman–Crippen MR) is 148 cm³/mol. The number of anilines is 1. The number of fused-ring (bicyclic) bond motifs is 3. The Hall–Kier alpha value is -3.01. The SMILES string of the molecule is CCCCn1nc2c(N)nc3cc(CCCNS(C)(=O)=O)ccc3c2c1Cc1ccc(CNC)cc1. The van der Waals surface area contributed by atoms with Crippen LogP contribution in [-0.4, -0.2) is 43.0 Å². The number of pyridine rings is 1. The molecule has 0 bridgehead atoms. The molecule has 36 heavy (non-hydrogen) atoms. The summed E-state index contributed by atoms with van der Waals surface area (Å²) in [5, 5.41) is 10.2. The smallest absolute Gasteiger partial charge is 0.208 e. The molecule has 0 amide bonds. The van der Waals surface area contributed by atoms with Crippen molar-refractivity contribution in [1.29, 1.82) is 0 Å². The Morgan fingerprint density at radius 2 is 1.75 bits per heavy atom. The number of aryl methyl sites for hydroxylation is 2. The second kappa shape index (κ2) is 11.4. The summed E-state index contributed by atoms with van der Waals surface area (Å²) in [6, 6.07) is 15.0. The molecule has 0 fully saturated rings. The lowest BCUT2D eigenvalue weighted by atomic mass is 10.0. The maximum Gasteiger partial charge on any atom is 0.208 e. The maximum absolute atomic E-state index is 11.3. The van der Waals surface area contributed by atoms with Crippen LogP contribution in [0.25, 0.3) is 21.8 Å². The first kappa shape index (κ1) is 26.1. The number of sulfonamides is 1. The molecule has 4 aromatic rings. The molecule has 0 radical (unpaired) electrons. The van der Waals surface area contributed by atoms with E-state index in [-0.39, 0.29) is 0 Å². The van der Waals surface area contributed by atoms with Gasteiger partial charge in [0.25, 0.3) is 0 Å². The average Bonchev–Trinajstić information content (AvgIpc) is 3.20. The van der Waals surface area contributed by atoms with Gasteiger partial charge in [0.05, 0.1) is 17.5 Å². The fourth-order valence-corrected chi connectivity index (χ4v) is 5.09. The van der Waals surface area contributed by atoms with E-state index in [1.165, 1.54) is 17.4 Å². The Labute approximate surface area is 213 Å². The van der Waals surface area contributed by atoms with Gasteiger partial charge in [-0.25, -0.2) is 18.1 Å². The van der Waals surface area contributed by atoms with Gasteiger partial charge < -0.3 is 11.1 Å². The molecule has 4 N–H and O–H groups in total. The van der Waals surface area contributed by atoms with E-state index < -0.39 is 10.0 Å². The van der Waals surface area contributed by atoms with Crippen molar-refractivity contribution in [2.24, 2.45) is 0 Å². The van der Waals surface area contributed by atoms with Gasteiger partial charge in [0.2, 0.25) is 10.0 Å². The van der Waals surface area contributed by atoms with Gasteiger partial charge in [0, 0.05) is 36.8 Å². The highest BCUT2D eigenvalue weighted by molar-refractivity contribution is 7.88. The minimum Gasteiger partial charge on any atom is -0.382 e. The molecule has 8 nitrogen and oxygen atoms in total. The normalized spacial score (nSPS) is 12.1. The minimum atomic E-state index is -3.18. The Kier molecular flexibility index (Phi) is 8.23. The third-order valence-corrected chi connectivity index (χ3v) is 7.11. The van der Waals surface area contributed by atoms with Gasteiger partial charge in [-0.1, -0.05) is 49.7 Å². The Morgan fingerprint density at radius 3 is 2.44 bits per heavy atom. The van der Waals surface area contributed by atoms with E-state index in [9.17, 15) is 8.42 Å². The number of nitrogens with zero attached hydrogens (tertiary/aromatic N) is 3. The number of aromatic nitrogens is 3. The number of nitrogens with two attached hydrogens (primary N) is 1. The largest absolute Gasteiger partial charge is 0.382 e. The van der Waals surface area contributed by atoms with Gasteiger partial charge in [-0.2, -0.15) is 5.10 Å². The van der Waals surface area contributed by atoms with E-state index in [4.69, 9.17) is 10.8 Å². The molecule has 0 spiro atoms. The van der Waals surface area contributed by atoms with E-state index in [1.54, 1.807) is 0 Å². The molecule has 0 aliphatic carbocycles. The average molecular weight is 509 g/mol. The quantitative estimate of drug-likeness (QED) is 0.251. The summed E-state index contributed by atoms with van der Waals surface area (Å²) in [6.45, 7) is 4.27. The van der Waals surface area contributed by atoms with E-state index in [1.807, 2.05) is 7.05 Å². The molecule has 9 heteroatoms. The third-order valence-electron chi connectivity index (χ3n) is 6.38. The van der Waals surface area contributed by atoms with Crippen LogP contribution in [-0.2, 0) is 36.0 Å². The van der Waals surface area contributed by atoms with Gasteiger partial charge in [-0.3, -0.25) is 4.68 Å². The standard InChI is InChI=1S/C27H36N6O2S/c1-4-5-15-33-24(17-20-8-10-21(11-9-20)18-29-2)25-22-13-12-19(7-6-14-30-36(3,34)35)16-23(22)31-27(28)26(25)32-33/h8-13,16,29-30H,4-7,14-15,17-18H2,1-3H3,(H2,28,31). The minimum absolute atomic E-state index is 0.410. The van der Waals surface area contributed by atoms with E-state index in [2.05, 4.69) is 69.1 Å². The van der Waals surface area contributed by atoms with Gasteiger partial charge in [0.15, 0.2) is 5.82 Å². The lowest BCUT2D eigenvalue weighted by molar-refractivity contribution is 0.558. The highest BCUT2D eigenvalue weighted by Crippen LogP contribution is 2.32. The molecule has 0 saturated carbocycles. The molecule has 2 heterocycles. The molecule has 2 aromatic carbocycles. The summed E-state index contributed by atoms with van der Waals surface area (Å²) < 4.78 is 27.3. The lowest BCUT2D eigenvalue weighted by Crippen LogP contribution is -2.23. The third kappa shape index (κ3) is 6.21. The molecular weight excluding hydrogens is 472 g/mol. The molecular formula is C27H36N6O2S. The first-order chi connectivity index (χ1) is 17.3. The van der Waals surface area contributed by atoms with Crippen LogP contribution in [0.5, 0.6) is 0 Å². The molecule has 0 atom stereocenters. The molecule has 0 saturated heterocycles. The number of hydrogen-bond donors (Lipinski definition) is 3. The van der Waals surface area contributed by atoms with Crippen molar-refractivity contribution in [1.82, 2.24) is 24.8 Å². The zero-order chi connectivity index (χ0) is 25.7. The van der Waals surface area contributed by atoms with Crippen LogP contribution < -0.4 is 15.8 Å². The van der Waals surface area contributed by atoms with Crippen molar-refractivity contribution in [2.45, 2.75) is 52.1 Å². The fourth-order valence-electron chi connectivity index (χ4n) is 4.57. The predicted octanol–water partition coefficient (Wildman–Crippen LogP) is 3.76. The number of benzene rings is 2. The lowest BCUT2D eigenvalue weighted by Gasteiger charge is -2.10. The van der Waals surface area contributed by atoms with Crippen LogP contribution >= 0.6 is 0 Å². The second-order valence-electron chi connectivity index (χ2n) is 9.39. The van der Waals surface area contributed by atoms with Crippen molar-refractivity contribution >= 4 is 37.6 Å². The highest BCUT2D eigenvalue weighted by atomic mass is 32.2. The number of unbranched alkanes of at least 4 members (excludes halogenated alkanes) is 1. The Balaban J connectivity index is 1.71. The van der Waals surface area contributed by atoms with E-state index in [0.717, 1.165) is 71.8 Å². The second-order valence-corrected chi connectivity index (χ2v) is 11.2. The zero-order valence-electron chi connectivity index (χ0n) is 21.3.